The van der Waals surface area contributed by atoms with Gasteiger partial charge in [0.2, 0.25) is 0 Å². The lowest BCUT2D eigenvalue weighted by molar-refractivity contribution is -0.153. The predicted molar refractivity (Wildman–Crippen MR) is 123 cm³/mol. The Kier molecular flexibility index (Phi) is 6.19. The first-order valence-corrected chi connectivity index (χ1v) is 11.2. The zero-order valence-electron chi connectivity index (χ0n) is 18.2. The number of rotatable bonds is 5. The highest BCUT2D eigenvalue weighted by Crippen LogP contribution is 2.34. The molecule has 6 nitrogen and oxygen atoms in total. The molecule has 2 atom stereocenters. The second-order valence-electron chi connectivity index (χ2n) is 8.35. The van der Waals surface area contributed by atoms with Gasteiger partial charge in [0.1, 0.15) is 0 Å². The summed E-state index contributed by atoms with van der Waals surface area (Å²) in [5.74, 6) is -0.426. The predicted octanol–water partition coefficient (Wildman–Crippen LogP) is 3.54. The first-order valence-electron chi connectivity index (χ1n) is 11.2. The number of hydrogen-bond donors (Lipinski definition) is 0. The fraction of sp³-hybridized carbons (Fsp3) is 0.259. The Labute approximate surface area is 193 Å². The lowest BCUT2D eigenvalue weighted by atomic mass is 10.1. The standard InChI is InChI=1S/C27H26N2O4/c30-25-23-24(33-27(32-23)22-14-8-3-9-15-22)26(31)29(19-21-12-6-2-7-13-21)17-16-28(25)18-20-10-4-1-5-11-20/h1-15,23-24,27H,16-19H2/t23-,24-/m1/s1. The summed E-state index contributed by atoms with van der Waals surface area (Å²) in [4.78, 5) is 30.6. The monoisotopic (exact) mass is 442 g/mol. The van der Waals surface area contributed by atoms with E-state index in [1.807, 2.05) is 91.0 Å². The maximum atomic E-state index is 13.5. The Bertz CT molecular complexity index is 1020. The molecule has 3 aromatic carbocycles. The van der Waals surface area contributed by atoms with E-state index in [4.69, 9.17) is 9.47 Å². The van der Waals surface area contributed by atoms with Crippen molar-refractivity contribution in [2.45, 2.75) is 31.6 Å². The summed E-state index contributed by atoms with van der Waals surface area (Å²) < 4.78 is 12.2. The van der Waals surface area contributed by atoms with Gasteiger partial charge in [0.15, 0.2) is 18.5 Å². The van der Waals surface area contributed by atoms with Crippen LogP contribution in [0, 0.1) is 0 Å². The summed E-state index contributed by atoms with van der Waals surface area (Å²) in [6.45, 7) is 1.76. The number of amides is 2. The maximum Gasteiger partial charge on any atom is 0.255 e. The molecule has 0 aliphatic carbocycles. The van der Waals surface area contributed by atoms with E-state index in [2.05, 4.69) is 0 Å². The van der Waals surface area contributed by atoms with Crippen molar-refractivity contribution in [3.8, 4) is 0 Å². The number of fused-ring (bicyclic) bond motifs is 1. The number of carbonyl (C=O) groups excluding carboxylic acids is 2. The molecule has 2 aliphatic heterocycles. The van der Waals surface area contributed by atoms with Gasteiger partial charge >= 0.3 is 0 Å². The van der Waals surface area contributed by atoms with Crippen LogP contribution in [0.5, 0.6) is 0 Å². The van der Waals surface area contributed by atoms with Crippen molar-refractivity contribution in [3.05, 3.63) is 108 Å². The molecule has 0 radical (unpaired) electrons. The topological polar surface area (TPSA) is 59.1 Å². The number of hydrogen-bond acceptors (Lipinski definition) is 4. The van der Waals surface area contributed by atoms with E-state index in [0.29, 0.717) is 26.2 Å². The van der Waals surface area contributed by atoms with Crippen LogP contribution >= 0.6 is 0 Å². The molecule has 0 saturated carbocycles. The minimum Gasteiger partial charge on any atom is -0.334 e. The lowest BCUT2D eigenvalue weighted by Crippen LogP contribution is -2.55. The Hall–Kier alpha value is -3.48. The Morgan fingerprint density at radius 3 is 1.42 bits per heavy atom. The van der Waals surface area contributed by atoms with Gasteiger partial charge in [-0.1, -0.05) is 91.0 Å². The molecule has 2 amide bonds. The van der Waals surface area contributed by atoms with Crippen LogP contribution in [0.25, 0.3) is 0 Å². The van der Waals surface area contributed by atoms with Crippen LogP contribution in [-0.2, 0) is 32.2 Å². The molecule has 0 N–H and O–H groups in total. The quantitative estimate of drug-likeness (QED) is 0.607. The van der Waals surface area contributed by atoms with Gasteiger partial charge in [-0.15, -0.1) is 0 Å². The molecule has 0 unspecified atom stereocenters. The fourth-order valence-corrected chi connectivity index (χ4v) is 4.33. The molecule has 6 heteroatoms. The first-order chi connectivity index (χ1) is 16.2. The molecular formula is C27H26N2O4. The number of benzene rings is 3. The molecule has 0 spiro atoms. The van der Waals surface area contributed by atoms with Crippen LogP contribution in [0.2, 0.25) is 0 Å². The summed E-state index contributed by atoms with van der Waals surface area (Å²) in [6, 6.07) is 29.1. The largest absolute Gasteiger partial charge is 0.334 e. The van der Waals surface area contributed by atoms with Gasteiger partial charge in [0.25, 0.3) is 11.8 Å². The minimum absolute atomic E-state index is 0.213. The molecular weight excluding hydrogens is 416 g/mol. The first kappa shape index (κ1) is 21.4. The van der Waals surface area contributed by atoms with Crippen LogP contribution in [-0.4, -0.2) is 46.9 Å². The van der Waals surface area contributed by atoms with Crippen molar-refractivity contribution < 1.29 is 19.1 Å². The van der Waals surface area contributed by atoms with E-state index in [1.165, 1.54) is 0 Å². The van der Waals surface area contributed by atoms with Crippen molar-refractivity contribution in [2.75, 3.05) is 13.1 Å². The van der Waals surface area contributed by atoms with Gasteiger partial charge < -0.3 is 19.3 Å². The summed E-state index contributed by atoms with van der Waals surface area (Å²) in [5.41, 5.74) is 2.85. The smallest absolute Gasteiger partial charge is 0.255 e. The highest BCUT2D eigenvalue weighted by atomic mass is 16.7. The highest BCUT2D eigenvalue weighted by molar-refractivity contribution is 5.92. The third-order valence-corrected chi connectivity index (χ3v) is 6.07. The van der Waals surface area contributed by atoms with E-state index >= 15 is 0 Å². The third kappa shape index (κ3) is 4.67. The molecule has 0 aromatic heterocycles. The van der Waals surface area contributed by atoms with E-state index < -0.39 is 18.5 Å². The second-order valence-corrected chi connectivity index (χ2v) is 8.35. The van der Waals surface area contributed by atoms with Crippen molar-refractivity contribution in [2.24, 2.45) is 0 Å². The molecule has 0 bridgehead atoms. The Morgan fingerprint density at radius 2 is 1.00 bits per heavy atom. The Balaban J connectivity index is 1.44. The lowest BCUT2D eigenvalue weighted by Gasteiger charge is -2.34. The van der Waals surface area contributed by atoms with E-state index in [0.717, 1.165) is 16.7 Å². The SMILES string of the molecule is O=C1[C@@H]2OC(c3ccccc3)O[C@H]2C(=O)N(Cc2ccccc2)CCN1Cc1ccccc1. The van der Waals surface area contributed by atoms with Gasteiger partial charge in [0, 0.05) is 31.7 Å². The molecule has 33 heavy (non-hydrogen) atoms. The van der Waals surface area contributed by atoms with Crippen molar-refractivity contribution in [1.82, 2.24) is 9.80 Å². The van der Waals surface area contributed by atoms with Crippen molar-refractivity contribution >= 4 is 11.8 Å². The zero-order valence-corrected chi connectivity index (χ0v) is 18.2. The van der Waals surface area contributed by atoms with E-state index in [1.54, 1.807) is 9.80 Å². The van der Waals surface area contributed by atoms with Crippen LogP contribution in [0.4, 0.5) is 0 Å². The van der Waals surface area contributed by atoms with Crippen LogP contribution < -0.4 is 0 Å². The molecule has 2 fully saturated rings. The summed E-state index contributed by atoms with van der Waals surface area (Å²) in [7, 11) is 0. The normalized spacial score (nSPS) is 21.6. The average molecular weight is 443 g/mol. The fourth-order valence-electron chi connectivity index (χ4n) is 4.33. The third-order valence-electron chi connectivity index (χ3n) is 6.07. The molecule has 2 saturated heterocycles. The average Bonchev–Trinajstić information content (AvgIpc) is 3.31. The number of nitrogens with zero attached hydrogens (tertiary/aromatic N) is 2. The van der Waals surface area contributed by atoms with Crippen LogP contribution in [0.15, 0.2) is 91.0 Å². The summed E-state index contributed by atoms with van der Waals surface area (Å²) in [5, 5.41) is 0. The Morgan fingerprint density at radius 1 is 0.606 bits per heavy atom. The van der Waals surface area contributed by atoms with Gasteiger partial charge in [0.05, 0.1) is 0 Å². The van der Waals surface area contributed by atoms with E-state index in [9.17, 15) is 9.59 Å². The van der Waals surface area contributed by atoms with Crippen molar-refractivity contribution in [3.63, 3.8) is 0 Å². The molecule has 2 heterocycles. The molecule has 168 valence electrons. The zero-order chi connectivity index (χ0) is 22.6. The molecule has 5 rings (SSSR count). The van der Waals surface area contributed by atoms with E-state index in [-0.39, 0.29) is 11.8 Å². The second kappa shape index (κ2) is 9.57. The molecule has 3 aromatic rings. The number of ether oxygens (including phenoxy) is 2. The van der Waals surface area contributed by atoms with Gasteiger partial charge in [-0.2, -0.15) is 0 Å². The van der Waals surface area contributed by atoms with Crippen LogP contribution in [0.1, 0.15) is 23.0 Å². The minimum atomic E-state index is -0.981. The summed E-state index contributed by atoms with van der Waals surface area (Å²) >= 11 is 0. The van der Waals surface area contributed by atoms with Crippen molar-refractivity contribution in [1.29, 1.82) is 0 Å². The van der Waals surface area contributed by atoms with Crippen LogP contribution in [0.3, 0.4) is 0 Å². The molecule has 2 aliphatic rings. The van der Waals surface area contributed by atoms with Gasteiger partial charge in [-0.25, -0.2) is 0 Å². The number of carbonyl (C=O) groups is 2. The van der Waals surface area contributed by atoms with Gasteiger partial charge in [-0.05, 0) is 11.1 Å². The maximum absolute atomic E-state index is 13.5. The summed E-state index contributed by atoms with van der Waals surface area (Å²) in [6.07, 6.45) is -2.72. The van der Waals surface area contributed by atoms with Gasteiger partial charge in [-0.3, -0.25) is 9.59 Å². The highest BCUT2D eigenvalue weighted by Gasteiger charge is 2.49.